The van der Waals surface area contributed by atoms with Crippen LogP contribution in [0.3, 0.4) is 0 Å². The van der Waals surface area contributed by atoms with Crippen LogP contribution >= 0.6 is 35.0 Å². The SMILES string of the molecule is CC(CCN)SCC(Cl)=CCl. The number of halogens is 2. The van der Waals surface area contributed by atoms with Gasteiger partial charge in [0.2, 0.25) is 0 Å². The zero-order chi connectivity index (χ0) is 8.69. The van der Waals surface area contributed by atoms with E-state index in [1.54, 1.807) is 11.8 Å². The van der Waals surface area contributed by atoms with Gasteiger partial charge in [-0.15, -0.1) is 0 Å². The Balaban J connectivity index is 3.37. The van der Waals surface area contributed by atoms with Crippen LogP contribution in [0.25, 0.3) is 0 Å². The van der Waals surface area contributed by atoms with Gasteiger partial charge in [-0.3, -0.25) is 0 Å². The van der Waals surface area contributed by atoms with Crippen LogP contribution < -0.4 is 5.73 Å². The van der Waals surface area contributed by atoms with Crippen LogP contribution in [0.2, 0.25) is 0 Å². The lowest BCUT2D eigenvalue weighted by Crippen LogP contribution is -2.07. The molecule has 2 N–H and O–H groups in total. The van der Waals surface area contributed by atoms with Gasteiger partial charge in [0.1, 0.15) is 0 Å². The first kappa shape index (κ1) is 11.6. The van der Waals surface area contributed by atoms with E-state index in [1.165, 1.54) is 5.54 Å². The summed E-state index contributed by atoms with van der Waals surface area (Å²) in [6, 6.07) is 0. The first-order chi connectivity index (χ1) is 5.20. The van der Waals surface area contributed by atoms with E-state index in [0.717, 1.165) is 18.7 Å². The van der Waals surface area contributed by atoms with Crippen molar-refractivity contribution < 1.29 is 0 Å². The molecule has 4 heteroatoms. The molecular weight excluding hydrogens is 201 g/mol. The van der Waals surface area contributed by atoms with Gasteiger partial charge in [-0.25, -0.2) is 0 Å². The highest BCUT2D eigenvalue weighted by atomic mass is 35.5. The topological polar surface area (TPSA) is 26.0 Å². The minimum absolute atomic E-state index is 0.561. The van der Waals surface area contributed by atoms with Crippen molar-refractivity contribution in [2.45, 2.75) is 18.6 Å². The molecule has 0 amide bonds. The Morgan fingerprint density at radius 1 is 1.73 bits per heavy atom. The normalized spacial score (nSPS) is 15.1. The van der Waals surface area contributed by atoms with Crippen molar-refractivity contribution in [1.82, 2.24) is 0 Å². The highest BCUT2D eigenvalue weighted by Gasteiger charge is 2.01. The van der Waals surface area contributed by atoms with Gasteiger partial charge in [0.05, 0.1) is 0 Å². The van der Waals surface area contributed by atoms with Crippen LogP contribution in [0, 0.1) is 0 Å². The summed E-state index contributed by atoms with van der Waals surface area (Å²) in [4.78, 5) is 0. The summed E-state index contributed by atoms with van der Waals surface area (Å²) < 4.78 is 0. The Morgan fingerprint density at radius 2 is 2.36 bits per heavy atom. The monoisotopic (exact) mass is 213 g/mol. The maximum atomic E-state index is 5.69. The molecule has 0 aliphatic heterocycles. The van der Waals surface area contributed by atoms with Gasteiger partial charge in [-0.2, -0.15) is 11.8 Å². The van der Waals surface area contributed by atoms with Gasteiger partial charge >= 0.3 is 0 Å². The van der Waals surface area contributed by atoms with E-state index in [9.17, 15) is 0 Å². The van der Waals surface area contributed by atoms with Crippen molar-refractivity contribution in [3.63, 3.8) is 0 Å². The van der Waals surface area contributed by atoms with Crippen molar-refractivity contribution in [2.24, 2.45) is 5.73 Å². The molecule has 0 aliphatic carbocycles. The summed E-state index contributed by atoms with van der Waals surface area (Å²) in [7, 11) is 0. The third-order valence-electron chi connectivity index (χ3n) is 1.20. The zero-order valence-electron chi connectivity index (χ0n) is 6.52. The molecule has 0 aromatic heterocycles. The lowest BCUT2D eigenvalue weighted by molar-refractivity contribution is 0.824. The second-order valence-corrected chi connectivity index (χ2v) is 4.39. The van der Waals surface area contributed by atoms with E-state index < -0.39 is 0 Å². The molecule has 0 saturated heterocycles. The minimum atomic E-state index is 0.561. The summed E-state index contributed by atoms with van der Waals surface area (Å²) in [6.07, 6.45) is 1.02. The van der Waals surface area contributed by atoms with Gasteiger partial charge in [0.15, 0.2) is 0 Å². The van der Waals surface area contributed by atoms with E-state index in [0.29, 0.717) is 10.3 Å². The average molecular weight is 214 g/mol. The van der Waals surface area contributed by atoms with Crippen LogP contribution in [0.1, 0.15) is 13.3 Å². The van der Waals surface area contributed by atoms with E-state index >= 15 is 0 Å². The van der Waals surface area contributed by atoms with Crippen LogP contribution in [0.15, 0.2) is 10.6 Å². The third-order valence-corrected chi connectivity index (χ3v) is 3.26. The number of thioether (sulfide) groups is 1. The summed E-state index contributed by atoms with van der Waals surface area (Å²) in [5.74, 6) is 0.784. The van der Waals surface area contributed by atoms with Crippen LogP contribution in [-0.2, 0) is 0 Å². The molecule has 0 radical (unpaired) electrons. The van der Waals surface area contributed by atoms with Crippen LogP contribution in [-0.4, -0.2) is 17.5 Å². The summed E-state index contributed by atoms with van der Waals surface area (Å²) >= 11 is 12.8. The molecule has 0 rings (SSSR count). The molecule has 0 aromatic carbocycles. The van der Waals surface area contributed by atoms with Gasteiger partial charge in [0, 0.05) is 21.6 Å². The highest BCUT2D eigenvalue weighted by molar-refractivity contribution is 8.00. The fourth-order valence-electron chi connectivity index (χ4n) is 0.571. The number of hydrogen-bond donors (Lipinski definition) is 1. The lowest BCUT2D eigenvalue weighted by atomic mass is 10.3. The second-order valence-electron chi connectivity index (χ2n) is 2.25. The molecule has 0 saturated carbocycles. The highest BCUT2D eigenvalue weighted by Crippen LogP contribution is 2.19. The molecule has 11 heavy (non-hydrogen) atoms. The molecule has 0 aromatic rings. The summed E-state index contributed by atoms with van der Waals surface area (Å²) in [6.45, 7) is 2.87. The Labute approximate surface area is 82.3 Å². The second kappa shape index (κ2) is 7.29. The van der Waals surface area contributed by atoms with Crippen LogP contribution in [0.5, 0.6) is 0 Å². The standard InChI is InChI=1S/C7H13Cl2NS/c1-6(2-3-10)11-5-7(9)4-8/h4,6H,2-3,5,10H2,1H3. The number of hydrogen-bond acceptors (Lipinski definition) is 2. The van der Waals surface area contributed by atoms with E-state index in [4.69, 9.17) is 28.9 Å². The summed E-state index contributed by atoms with van der Waals surface area (Å²) in [5, 5.41) is 1.26. The largest absolute Gasteiger partial charge is 0.330 e. The molecule has 0 aliphatic rings. The van der Waals surface area contributed by atoms with Gasteiger partial charge < -0.3 is 5.73 Å². The maximum Gasteiger partial charge on any atom is 0.0392 e. The molecule has 1 unspecified atom stereocenters. The quantitative estimate of drug-likeness (QED) is 0.761. The van der Waals surface area contributed by atoms with Crippen molar-refractivity contribution in [1.29, 1.82) is 0 Å². The smallest absolute Gasteiger partial charge is 0.0392 e. The van der Waals surface area contributed by atoms with E-state index in [1.807, 2.05) is 0 Å². The minimum Gasteiger partial charge on any atom is -0.330 e. The molecule has 66 valence electrons. The van der Waals surface area contributed by atoms with Crippen molar-refractivity contribution in [2.75, 3.05) is 12.3 Å². The molecule has 0 heterocycles. The Hall–Kier alpha value is 0.630. The molecule has 0 spiro atoms. The van der Waals surface area contributed by atoms with Crippen molar-refractivity contribution in [3.8, 4) is 0 Å². The van der Waals surface area contributed by atoms with E-state index in [-0.39, 0.29) is 0 Å². The molecule has 0 bridgehead atoms. The molecular formula is C7H13Cl2NS. The fourth-order valence-corrected chi connectivity index (χ4v) is 1.76. The van der Waals surface area contributed by atoms with E-state index in [2.05, 4.69) is 6.92 Å². The van der Waals surface area contributed by atoms with Crippen molar-refractivity contribution >= 4 is 35.0 Å². The lowest BCUT2D eigenvalue weighted by Gasteiger charge is -2.07. The first-order valence-corrected chi connectivity index (χ1v) is 5.33. The Morgan fingerprint density at radius 3 is 2.82 bits per heavy atom. The summed E-state index contributed by atoms with van der Waals surface area (Å²) in [5.41, 5.74) is 6.79. The number of nitrogens with two attached hydrogens (primary N) is 1. The third kappa shape index (κ3) is 7.01. The van der Waals surface area contributed by atoms with Gasteiger partial charge in [0.25, 0.3) is 0 Å². The zero-order valence-corrected chi connectivity index (χ0v) is 8.85. The van der Waals surface area contributed by atoms with Crippen molar-refractivity contribution in [3.05, 3.63) is 10.6 Å². The Bertz CT molecular complexity index is 128. The number of rotatable bonds is 5. The predicted octanol–water partition coefficient (Wildman–Crippen LogP) is 2.78. The Kier molecular flexibility index (Phi) is 7.71. The first-order valence-electron chi connectivity index (χ1n) is 3.47. The molecule has 1 atom stereocenters. The predicted molar refractivity (Wildman–Crippen MR) is 55.4 cm³/mol. The average Bonchev–Trinajstić information content (AvgIpc) is 2.01. The molecule has 1 nitrogen and oxygen atoms in total. The fraction of sp³-hybridized carbons (Fsp3) is 0.714. The maximum absolute atomic E-state index is 5.69. The van der Waals surface area contributed by atoms with Gasteiger partial charge in [-0.1, -0.05) is 30.1 Å². The van der Waals surface area contributed by atoms with Gasteiger partial charge in [-0.05, 0) is 13.0 Å². The van der Waals surface area contributed by atoms with Crippen LogP contribution in [0.4, 0.5) is 0 Å². The molecule has 0 fully saturated rings.